The van der Waals surface area contributed by atoms with Crippen molar-refractivity contribution in [1.82, 2.24) is 0 Å². The minimum atomic E-state index is -0.112. The molecule has 1 unspecified atom stereocenters. The highest BCUT2D eigenvalue weighted by Gasteiger charge is 2.31. The molecule has 3 aromatic rings. The van der Waals surface area contributed by atoms with Gasteiger partial charge in [-0.2, -0.15) is 0 Å². The summed E-state index contributed by atoms with van der Waals surface area (Å²) in [4.78, 5) is 13.0. The second kappa shape index (κ2) is 9.11. The highest BCUT2D eigenvalue weighted by atomic mass is 35.5. The summed E-state index contributed by atoms with van der Waals surface area (Å²) in [6.45, 7) is 4.17. The van der Waals surface area contributed by atoms with Crippen molar-refractivity contribution in [1.29, 1.82) is 0 Å². The summed E-state index contributed by atoms with van der Waals surface area (Å²) < 4.78 is 6.46. The molecule has 2 heterocycles. The summed E-state index contributed by atoms with van der Waals surface area (Å²) in [5, 5.41) is 7.38. The number of carbonyl (C=O) groups is 1. The molecule has 1 aliphatic heterocycles. The third kappa shape index (κ3) is 4.20. The molecule has 2 aliphatic rings. The van der Waals surface area contributed by atoms with Crippen molar-refractivity contribution in [3.8, 4) is 0 Å². The Bertz CT molecular complexity index is 1230. The van der Waals surface area contributed by atoms with E-state index in [1.807, 2.05) is 43.3 Å². The Kier molecular flexibility index (Phi) is 6.03. The molecule has 0 radical (unpaired) electrons. The fourth-order valence-electron chi connectivity index (χ4n) is 5.11. The maximum atomic E-state index is 13.0. The van der Waals surface area contributed by atoms with Crippen LogP contribution in [0.4, 0.5) is 11.4 Å². The van der Waals surface area contributed by atoms with E-state index in [0.717, 1.165) is 72.5 Å². The molecular formula is C28H29ClN2O2. The number of hydrogen-bond donors (Lipinski definition) is 2. The number of furan rings is 1. The molecular weight excluding hydrogens is 432 g/mol. The Morgan fingerprint density at radius 3 is 2.76 bits per heavy atom. The first-order valence-electron chi connectivity index (χ1n) is 11.8. The van der Waals surface area contributed by atoms with Crippen LogP contribution in [0.15, 0.2) is 46.9 Å². The van der Waals surface area contributed by atoms with Crippen molar-refractivity contribution in [2.24, 2.45) is 0 Å². The molecule has 2 N–H and O–H groups in total. The van der Waals surface area contributed by atoms with Gasteiger partial charge in [0.05, 0.1) is 17.3 Å². The lowest BCUT2D eigenvalue weighted by Gasteiger charge is -2.22. The highest BCUT2D eigenvalue weighted by Crippen LogP contribution is 2.42. The molecule has 4 nitrogen and oxygen atoms in total. The summed E-state index contributed by atoms with van der Waals surface area (Å²) in [5.74, 6) is 1.75. The van der Waals surface area contributed by atoms with E-state index in [9.17, 15) is 4.79 Å². The molecule has 2 aromatic carbocycles. The van der Waals surface area contributed by atoms with Crippen molar-refractivity contribution in [2.45, 2.75) is 58.4 Å². The van der Waals surface area contributed by atoms with Crippen LogP contribution in [0.3, 0.4) is 0 Å². The second-order valence-corrected chi connectivity index (χ2v) is 9.43. The predicted molar refractivity (Wildman–Crippen MR) is 136 cm³/mol. The molecule has 33 heavy (non-hydrogen) atoms. The maximum Gasteiger partial charge on any atom is 0.256 e. The van der Waals surface area contributed by atoms with Gasteiger partial charge in [0.25, 0.3) is 5.91 Å². The zero-order chi connectivity index (χ0) is 22.9. The van der Waals surface area contributed by atoms with Gasteiger partial charge in [-0.1, -0.05) is 43.1 Å². The Labute approximate surface area is 200 Å². The number of anilines is 2. The van der Waals surface area contributed by atoms with Gasteiger partial charge in [0, 0.05) is 28.3 Å². The molecule has 1 aliphatic carbocycles. The SMILES string of the molecule is CCCC(Nc1ccccc1)c1c(C=C2C(=O)Nc3c(C)cc(Cl)cc32)oc2c1CCCC2. The Balaban J connectivity index is 1.63. The number of nitrogens with one attached hydrogen (secondary N) is 2. The predicted octanol–water partition coefficient (Wildman–Crippen LogP) is 7.57. The Morgan fingerprint density at radius 1 is 1.18 bits per heavy atom. The number of hydrogen-bond acceptors (Lipinski definition) is 3. The van der Waals surface area contributed by atoms with E-state index in [1.54, 1.807) is 0 Å². The average molecular weight is 461 g/mol. The molecule has 170 valence electrons. The number of rotatable bonds is 6. The number of benzene rings is 2. The van der Waals surface area contributed by atoms with Crippen molar-refractivity contribution in [2.75, 3.05) is 10.6 Å². The van der Waals surface area contributed by atoms with Gasteiger partial charge >= 0.3 is 0 Å². The molecule has 5 rings (SSSR count). The number of carbonyl (C=O) groups excluding carboxylic acids is 1. The van der Waals surface area contributed by atoms with Crippen molar-refractivity contribution in [3.63, 3.8) is 0 Å². The van der Waals surface area contributed by atoms with Gasteiger partial charge in [-0.15, -0.1) is 0 Å². The van der Waals surface area contributed by atoms with Crippen LogP contribution >= 0.6 is 11.6 Å². The number of amides is 1. The third-order valence-electron chi connectivity index (χ3n) is 6.63. The first kappa shape index (κ1) is 21.8. The number of halogens is 1. The standard InChI is InChI=1S/C28H29ClN2O2/c1-3-9-23(30-19-10-5-4-6-11-19)26-20-12-7-8-13-24(20)33-25(26)16-22-21-15-18(29)14-17(2)27(21)31-28(22)32/h4-6,10-11,14-16,23,30H,3,7-9,12-13H2,1-2H3,(H,31,32). The van der Waals surface area contributed by atoms with Crippen LogP contribution in [0, 0.1) is 6.92 Å². The lowest BCUT2D eigenvalue weighted by molar-refractivity contribution is -0.110. The van der Waals surface area contributed by atoms with Crippen LogP contribution in [0.5, 0.6) is 0 Å². The Morgan fingerprint density at radius 2 is 1.97 bits per heavy atom. The van der Waals surface area contributed by atoms with E-state index in [2.05, 4.69) is 29.7 Å². The van der Waals surface area contributed by atoms with Crippen LogP contribution in [-0.4, -0.2) is 5.91 Å². The fourth-order valence-corrected chi connectivity index (χ4v) is 5.39. The fraction of sp³-hybridized carbons (Fsp3) is 0.321. The number of aryl methyl sites for hydroxylation is 2. The monoisotopic (exact) mass is 460 g/mol. The molecule has 0 spiro atoms. The number of para-hydroxylation sites is 1. The summed E-state index contributed by atoms with van der Waals surface area (Å²) in [6, 6.07) is 14.2. The van der Waals surface area contributed by atoms with Gasteiger partial charge in [-0.3, -0.25) is 4.79 Å². The molecule has 0 bridgehead atoms. The largest absolute Gasteiger partial charge is 0.461 e. The molecule has 0 saturated heterocycles. The average Bonchev–Trinajstić information content (AvgIpc) is 3.32. The summed E-state index contributed by atoms with van der Waals surface area (Å²) in [6.07, 6.45) is 8.21. The van der Waals surface area contributed by atoms with E-state index in [1.165, 1.54) is 11.1 Å². The van der Waals surface area contributed by atoms with Gasteiger partial charge in [0.1, 0.15) is 11.5 Å². The van der Waals surface area contributed by atoms with Gasteiger partial charge in [-0.05, 0) is 74.1 Å². The van der Waals surface area contributed by atoms with Gasteiger partial charge < -0.3 is 15.1 Å². The minimum Gasteiger partial charge on any atom is -0.461 e. The Hall–Kier alpha value is -2.98. The first-order chi connectivity index (χ1) is 16.0. The van der Waals surface area contributed by atoms with Crippen LogP contribution in [0.2, 0.25) is 5.02 Å². The summed E-state index contributed by atoms with van der Waals surface area (Å²) >= 11 is 6.34. The van der Waals surface area contributed by atoms with Crippen LogP contribution in [0.1, 0.15) is 72.4 Å². The summed E-state index contributed by atoms with van der Waals surface area (Å²) in [7, 11) is 0. The quantitative estimate of drug-likeness (QED) is 0.373. The smallest absolute Gasteiger partial charge is 0.256 e. The summed E-state index contributed by atoms with van der Waals surface area (Å²) in [5.41, 5.74) is 6.85. The van der Waals surface area contributed by atoms with Crippen molar-refractivity contribution >= 4 is 40.5 Å². The van der Waals surface area contributed by atoms with Crippen LogP contribution < -0.4 is 10.6 Å². The van der Waals surface area contributed by atoms with Gasteiger partial charge in [0.2, 0.25) is 0 Å². The maximum absolute atomic E-state index is 13.0. The van der Waals surface area contributed by atoms with Crippen molar-refractivity contribution in [3.05, 3.63) is 81.3 Å². The lowest BCUT2D eigenvalue weighted by atomic mass is 9.89. The van der Waals surface area contributed by atoms with Crippen molar-refractivity contribution < 1.29 is 9.21 Å². The molecule has 0 fully saturated rings. The highest BCUT2D eigenvalue weighted by molar-refractivity contribution is 6.37. The topological polar surface area (TPSA) is 54.3 Å². The number of fused-ring (bicyclic) bond motifs is 2. The van der Waals surface area contributed by atoms with Crippen LogP contribution in [-0.2, 0) is 17.6 Å². The van der Waals surface area contributed by atoms with E-state index in [0.29, 0.717) is 10.6 Å². The second-order valence-electron chi connectivity index (χ2n) is 9.00. The van der Waals surface area contributed by atoms with E-state index >= 15 is 0 Å². The zero-order valence-corrected chi connectivity index (χ0v) is 19.9. The van der Waals surface area contributed by atoms with E-state index < -0.39 is 0 Å². The van der Waals surface area contributed by atoms with E-state index in [-0.39, 0.29) is 11.9 Å². The molecule has 1 aromatic heterocycles. The van der Waals surface area contributed by atoms with Gasteiger partial charge in [0.15, 0.2) is 0 Å². The normalized spacial score (nSPS) is 16.9. The van der Waals surface area contributed by atoms with Gasteiger partial charge in [-0.25, -0.2) is 0 Å². The lowest BCUT2D eigenvalue weighted by Crippen LogP contribution is -2.14. The minimum absolute atomic E-state index is 0.111. The molecule has 1 atom stereocenters. The molecule has 5 heteroatoms. The molecule has 0 saturated carbocycles. The first-order valence-corrected chi connectivity index (χ1v) is 12.2. The zero-order valence-electron chi connectivity index (χ0n) is 19.1. The van der Waals surface area contributed by atoms with E-state index in [4.69, 9.17) is 16.0 Å². The third-order valence-corrected chi connectivity index (χ3v) is 6.85. The molecule has 1 amide bonds. The van der Waals surface area contributed by atoms with Crippen LogP contribution in [0.25, 0.3) is 11.6 Å².